The summed E-state index contributed by atoms with van der Waals surface area (Å²) in [6.07, 6.45) is 0.263. The first kappa shape index (κ1) is 19.1. The highest BCUT2D eigenvalue weighted by atomic mass is 32.2. The Kier molecular flexibility index (Phi) is 4.99. The van der Waals surface area contributed by atoms with Crippen molar-refractivity contribution in [3.05, 3.63) is 59.2 Å². The first-order valence-electron chi connectivity index (χ1n) is 9.53. The van der Waals surface area contributed by atoms with Crippen LogP contribution in [0.4, 0.5) is 5.69 Å². The van der Waals surface area contributed by atoms with Crippen LogP contribution in [0.3, 0.4) is 0 Å². The molecule has 0 aliphatic carbocycles. The van der Waals surface area contributed by atoms with Crippen LogP contribution in [0.25, 0.3) is 0 Å². The fourth-order valence-corrected chi connectivity index (χ4v) is 5.39. The van der Waals surface area contributed by atoms with Crippen molar-refractivity contribution in [2.24, 2.45) is 0 Å². The topological polar surface area (TPSA) is 60.9 Å². The minimum absolute atomic E-state index is 0.00522. The van der Waals surface area contributed by atoms with Gasteiger partial charge in [-0.15, -0.1) is 0 Å². The summed E-state index contributed by atoms with van der Waals surface area (Å²) in [5, 5.41) is 0. The molecule has 7 heteroatoms. The fourth-order valence-electron chi connectivity index (χ4n) is 3.91. The molecule has 0 saturated carbocycles. The number of likely N-dealkylation sites (N-methyl/N-ethyl adjacent to an activating group) is 1. The quantitative estimate of drug-likeness (QED) is 0.789. The van der Waals surface area contributed by atoms with Gasteiger partial charge >= 0.3 is 0 Å². The fraction of sp³-hybridized carbons (Fsp3) is 0.381. The van der Waals surface area contributed by atoms with Gasteiger partial charge in [-0.2, -0.15) is 4.31 Å². The molecule has 0 radical (unpaired) electrons. The predicted molar refractivity (Wildman–Crippen MR) is 109 cm³/mol. The van der Waals surface area contributed by atoms with E-state index in [0.29, 0.717) is 26.2 Å². The Bertz CT molecular complexity index is 1010. The molecule has 0 bridgehead atoms. The zero-order chi connectivity index (χ0) is 19.9. The predicted octanol–water partition coefficient (Wildman–Crippen LogP) is 2.02. The lowest BCUT2D eigenvalue weighted by atomic mass is 10.1. The van der Waals surface area contributed by atoms with Gasteiger partial charge in [0.05, 0.1) is 11.3 Å². The van der Waals surface area contributed by atoms with E-state index in [1.54, 1.807) is 34.5 Å². The second-order valence-electron chi connectivity index (χ2n) is 7.53. The molecule has 2 aromatic rings. The van der Waals surface area contributed by atoms with Gasteiger partial charge in [0.2, 0.25) is 15.9 Å². The van der Waals surface area contributed by atoms with Crippen molar-refractivity contribution in [3.63, 3.8) is 0 Å². The van der Waals surface area contributed by atoms with Gasteiger partial charge < -0.3 is 4.90 Å². The number of anilines is 1. The number of carbonyl (C=O) groups excluding carboxylic acids is 1. The maximum atomic E-state index is 13.1. The molecule has 0 spiro atoms. The van der Waals surface area contributed by atoms with Crippen molar-refractivity contribution >= 4 is 21.6 Å². The van der Waals surface area contributed by atoms with Crippen LogP contribution in [-0.4, -0.2) is 56.8 Å². The molecular formula is C21H25N3O3S. The molecular weight excluding hydrogens is 374 g/mol. The Hall–Kier alpha value is -2.22. The van der Waals surface area contributed by atoms with Gasteiger partial charge in [0.25, 0.3) is 0 Å². The Morgan fingerprint density at radius 2 is 1.71 bits per heavy atom. The van der Waals surface area contributed by atoms with Crippen molar-refractivity contribution in [2.45, 2.75) is 24.8 Å². The Balaban J connectivity index is 1.45. The van der Waals surface area contributed by atoms with Gasteiger partial charge in [0.15, 0.2) is 0 Å². The van der Waals surface area contributed by atoms with Crippen LogP contribution < -0.4 is 4.90 Å². The number of sulfonamides is 1. The second-order valence-corrected chi connectivity index (χ2v) is 9.46. The van der Waals surface area contributed by atoms with E-state index in [9.17, 15) is 13.2 Å². The minimum Gasteiger partial charge on any atom is -0.315 e. The molecule has 1 fully saturated rings. The third-order valence-corrected chi connectivity index (χ3v) is 7.65. The SMILES string of the molecule is Cc1ccccc1CN1CCN(S(=O)(=O)c2ccc3c(c2)CC(=O)N3C)CC1. The van der Waals surface area contributed by atoms with Crippen LogP contribution in [0.2, 0.25) is 0 Å². The highest BCUT2D eigenvalue weighted by Crippen LogP contribution is 2.31. The summed E-state index contributed by atoms with van der Waals surface area (Å²) in [5.74, 6) is -0.00522. The van der Waals surface area contributed by atoms with Gasteiger partial charge in [-0.25, -0.2) is 8.42 Å². The van der Waals surface area contributed by atoms with E-state index in [1.165, 1.54) is 11.1 Å². The van der Waals surface area contributed by atoms with Gasteiger partial charge in [-0.3, -0.25) is 9.69 Å². The summed E-state index contributed by atoms with van der Waals surface area (Å²) in [6, 6.07) is 13.3. The largest absolute Gasteiger partial charge is 0.315 e. The molecule has 2 heterocycles. The molecule has 0 unspecified atom stereocenters. The summed E-state index contributed by atoms with van der Waals surface area (Å²) < 4.78 is 27.7. The van der Waals surface area contributed by atoms with E-state index in [1.807, 2.05) is 12.1 Å². The summed E-state index contributed by atoms with van der Waals surface area (Å²) in [5.41, 5.74) is 4.13. The van der Waals surface area contributed by atoms with E-state index in [4.69, 9.17) is 0 Å². The number of carbonyl (C=O) groups is 1. The number of aryl methyl sites for hydroxylation is 1. The maximum Gasteiger partial charge on any atom is 0.243 e. The molecule has 148 valence electrons. The smallest absolute Gasteiger partial charge is 0.243 e. The lowest BCUT2D eigenvalue weighted by Gasteiger charge is -2.34. The zero-order valence-corrected chi connectivity index (χ0v) is 17.1. The molecule has 2 aliphatic rings. The number of hydrogen-bond acceptors (Lipinski definition) is 4. The number of benzene rings is 2. The highest BCUT2D eigenvalue weighted by Gasteiger charge is 2.31. The summed E-state index contributed by atoms with van der Waals surface area (Å²) in [7, 11) is -1.83. The van der Waals surface area contributed by atoms with Gasteiger partial charge in [0, 0.05) is 45.5 Å². The van der Waals surface area contributed by atoms with Crippen LogP contribution >= 0.6 is 0 Å². The summed E-state index contributed by atoms with van der Waals surface area (Å²) in [6.45, 7) is 5.31. The van der Waals surface area contributed by atoms with Gasteiger partial charge in [-0.05, 0) is 41.8 Å². The molecule has 0 N–H and O–H groups in total. The number of hydrogen-bond donors (Lipinski definition) is 0. The minimum atomic E-state index is -3.55. The number of nitrogens with zero attached hydrogens (tertiary/aromatic N) is 3. The van der Waals surface area contributed by atoms with E-state index in [-0.39, 0.29) is 17.2 Å². The van der Waals surface area contributed by atoms with Crippen molar-refractivity contribution in [2.75, 3.05) is 38.1 Å². The van der Waals surface area contributed by atoms with E-state index >= 15 is 0 Å². The molecule has 4 rings (SSSR count). The van der Waals surface area contributed by atoms with Crippen molar-refractivity contribution in [1.29, 1.82) is 0 Å². The van der Waals surface area contributed by atoms with Crippen molar-refractivity contribution in [3.8, 4) is 0 Å². The zero-order valence-electron chi connectivity index (χ0n) is 16.3. The first-order chi connectivity index (χ1) is 13.4. The Morgan fingerprint density at radius 1 is 1.00 bits per heavy atom. The van der Waals surface area contributed by atoms with Crippen LogP contribution in [0.5, 0.6) is 0 Å². The number of piperazine rings is 1. The van der Waals surface area contributed by atoms with Crippen LogP contribution in [0, 0.1) is 6.92 Å². The Morgan fingerprint density at radius 3 is 2.43 bits per heavy atom. The Labute approximate surface area is 166 Å². The van der Waals surface area contributed by atoms with E-state index in [0.717, 1.165) is 17.8 Å². The second kappa shape index (κ2) is 7.31. The van der Waals surface area contributed by atoms with Crippen LogP contribution in [0.1, 0.15) is 16.7 Å². The number of fused-ring (bicyclic) bond motifs is 1. The van der Waals surface area contributed by atoms with Crippen molar-refractivity contribution < 1.29 is 13.2 Å². The van der Waals surface area contributed by atoms with Gasteiger partial charge in [0.1, 0.15) is 0 Å². The van der Waals surface area contributed by atoms with E-state index < -0.39 is 10.0 Å². The monoisotopic (exact) mass is 399 g/mol. The molecule has 0 aromatic heterocycles. The van der Waals surface area contributed by atoms with Gasteiger partial charge in [-0.1, -0.05) is 24.3 Å². The normalized spacial score (nSPS) is 18.5. The molecule has 1 saturated heterocycles. The standard InChI is InChI=1S/C21H25N3O3S/c1-16-5-3-4-6-17(16)15-23-9-11-24(12-10-23)28(26,27)19-7-8-20-18(13-19)14-21(25)22(20)2/h3-8,13H,9-12,14-15H2,1-2H3. The third kappa shape index (κ3) is 3.45. The third-order valence-electron chi connectivity index (χ3n) is 5.75. The average molecular weight is 400 g/mol. The van der Waals surface area contributed by atoms with E-state index in [2.05, 4.69) is 24.0 Å². The van der Waals surface area contributed by atoms with Crippen LogP contribution in [-0.2, 0) is 27.8 Å². The molecule has 28 heavy (non-hydrogen) atoms. The van der Waals surface area contributed by atoms with Crippen molar-refractivity contribution in [1.82, 2.24) is 9.21 Å². The number of rotatable bonds is 4. The molecule has 2 aromatic carbocycles. The lowest BCUT2D eigenvalue weighted by molar-refractivity contribution is -0.117. The first-order valence-corrected chi connectivity index (χ1v) is 11.0. The maximum absolute atomic E-state index is 13.1. The average Bonchev–Trinajstić information content (AvgIpc) is 2.97. The molecule has 0 atom stereocenters. The summed E-state index contributed by atoms with van der Waals surface area (Å²) in [4.78, 5) is 16.0. The molecule has 2 aliphatic heterocycles. The molecule has 1 amide bonds. The lowest BCUT2D eigenvalue weighted by Crippen LogP contribution is -2.48. The van der Waals surface area contributed by atoms with Crippen LogP contribution in [0.15, 0.2) is 47.4 Å². The molecule has 6 nitrogen and oxygen atoms in total. The highest BCUT2D eigenvalue weighted by molar-refractivity contribution is 7.89. The number of amides is 1. The summed E-state index contributed by atoms with van der Waals surface area (Å²) >= 11 is 0.